The molecule has 2 N–H and O–H groups in total. The first-order valence-corrected chi connectivity index (χ1v) is 8.84. The number of hydrogen-bond donors (Lipinski definition) is 1. The van der Waals surface area contributed by atoms with Gasteiger partial charge in [0.15, 0.2) is 0 Å². The minimum Gasteiger partial charge on any atom is -0.373 e. The summed E-state index contributed by atoms with van der Waals surface area (Å²) in [5, 5.41) is 16.1. The summed E-state index contributed by atoms with van der Waals surface area (Å²) in [4.78, 5) is 10.2. The van der Waals surface area contributed by atoms with Crippen molar-refractivity contribution in [1.82, 2.24) is 0 Å². The standard InChI is InChI=1S/C14H20N2O5S/c15-22(19,20)13-8-7-11(14(9-13)16(17)18)10-21-12-5-3-1-2-4-6-12/h7-9,12H,1-6,10H2,(H2,15,19,20). The van der Waals surface area contributed by atoms with Gasteiger partial charge >= 0.3 is 0 Å². The van der Waals surface area contributed by atoms with Crippen LogP contribution in [0, 0.1) is 10.1 Å². The van der Waals surface area contributed by atoms with Gasteiger partial charge in [-0.1, -0.05) is 25.7 Å². The molecule has 0 bridgehead atoms. The predicted octanol–water partition coefficient (Wildman–Crippen LogP) is 2.48. The fourth-order valence-electron chi connectivity index (χ4n) is 2.63. The van der Waals surface area contributed by atoms with Gasteiger partial charge in [0, 0.05) is 6.07 Å². The van der Waals surface area contributed by atoms with Crippen LogP contribution in [-0.2, 0) is 21.4 Å². The second-order valence-corrected chi connectivity index (χ2v) is 7.08. The van der Waals surface area contributed by atoms with Gasteiger partial charge in [0.2, 0.25) is 10.0 Å². The third-order valence-corrected chi connectivity index (χ3v) is 4.77. The van der Waals surface area contributed by atoms with Crippen molar-refractivity contribution >= 4 is 15.7 Å². The SMILES string of the molecule is NS(=O)(=O)c1ccc(COC2CCCCCC2)c([N+](=O)[O-])c1. The second-order valence-electron chi connectivity index (χ2n) is 5.52. The van der Waals surface area contributed by atoms with Crippen LogP contribution < -0.4 is 5.14 Å². The molecular formula is C14H20N2O5S. The molecule has 1 aliphatic rings. The van der Waals surface area contributed by atoms with Crippen LogP contribution in [0.25, 0.3) is 0 Å². The Hall–Kier alpha value is -1.51. The number of nitrogens with two attached hydrogens (primary N) is 1. The molecule has 0 spiro atoms. The number of benzene rings is 1. The van der Waals surface area contributed by atoms with Gasteiger partial charge in [-0.05, 0) is 25.0 Å². The Balaban J connectivity index is 2.14. The Bertz CT molecular complexity index is 637. The molecule has 0 atom stereocenters. The number of ether oxygens (including phenoxy) is 1. The molecule has 1 aromatic carbocycles. The van der Waals surface area contributed by atoms with Crippen LogP contribution in [0.2, 0.25) is 0 Å². The topological polar surface area (TPSA) is 113 Å². The molecule has 0 aliphatic heterocycles. The summed E-state index contributed by atoms with van der Waals surface area (Å²) >= 11 is 0. The van der Waals surface area contributed by atoms with Crippen molar-refractivity contribution in [3.05, 3.63) is 33.9 Å². The number of sulfonamides is 1. The fraction of sp³-hybridized carbons (Fsp3) is 0.571. The molecule has 2 rings (SSSR count). The number of hydrogen-bond acceptors (Lipinski definition) is 5. The quantitative estimate of drug-likeness (QED) is 0.507. The highest BCUT2D eigenvalue weighted by atomic mass is 32.2. The van der Waals surface area contributed by atoms with Gasteiger partial charge < -0.3 is 4.74 Å². The number of nitrogens with zero attached hydrogens (tertiary/aromatic N) is 1. The molecule has 0 amide bonds. The molecular weight excluding hydrogens is 308 g/mol. The number of rotatable bonds is 5. The van der Waals surface area contributed by atoms with Crippen LogP contribution in [0.3, 0.4) is 0 Å². The molecule has 0 unspecified atom stereocenters. The van der Waals surface area contributed by atoms with Gasteiger partial charge in [-0.25, -0.2) is 13.6 Å². The van der Waals surface area contributed by atoms with Gasteiger partial charge in [0.25, 0.3) is 5.69 Å². The van der Waals surface area contributed by atoms with Crippen molar-refractivity contribution in [3.63, 3.8) is 0 Å². The summed E-state index contributed by atoms with van der Waals surface area (Å²) in [6.45, 7) is 0.103. The zero-order valence-corrected chi connectivity index (χ0v) is 13.0. The van der Waals surface area contributed by atoms with Crippen LogP contribution in [0.4, 0.5) is 5.69 Å². The molecule has 7 nitrogen and oxygen atoms in total. The Kier molecular flexibility index (Phi) is 5.49. The van der Waals surface area contributed by atoms with E-state index in [1.807, 2.05) is 0 Å². The molecule has 122 valence electrons. The van der Waals surface area contributed by atoms with E-state index < -0.39 is 14.9 Å². The summed E-state index contributed by atoms with van der Waals surface area (Å²) in [6, 6.07) is 3.66. The van der Waals surface area contributed by atoms with E-state index in [9.17, 15) is 18.5 Å². The van der Waals surface area contributed by atoms with Crippen molar-refractivity contribution in [2.75, 3.05) is 0 Å². The molecule has 1 fully saturated rings. The highest BCUT2D eigenvalue weighted by Crippen LogP contribution is 2.26. The fourth-order valence-corrected chi connectivity index (χ4v) is 3.16. The normalized spacial score (nSPS) is 17.1. The first-order valence-electron chi connectivity index (χ1n) is 7.29. The van der Waals surface area contributed by atoms with E-state index in [0.717, 1.165) is 31.7 Å². The molecule has 1 aromatic rings. The van der Waals surface area contributed by atoms with E-state index >= 15 is 0 Å². The van der Waals surface area contributed by atoms with Crippen LogP contribution in [0.5, 0.6) is 0 Å². The van der Waals surface area contributed by atoms with Gasteiger partial charge in [0.05, 0.1) is 28.1 Å². The first-order chi connectivity index (χ1) is 10.4. The van der Waals surface area contributed by atoms with Gasteiger partial charge in [0.1, 0.15) is 0 Å². The van der Waals surface area contributed by atoms with Crippen LogP contribution in [-0.4, -0.2) is 19.4 Å². The van der Waals surface area contributed by atoms with Crippen molar-refractivity contribution in [2.45, 2.75) is 56.1 Å². The maximum Gasteiger partial charge on any atom is 0.276 e. The van der Waals surface area contributed by atoms with E-state index in [4.69, 9.17) is 9.88 Å². The molecule has 1 saturated carbocycles. The largest absolute Gasteiger partial charge is 0.373 e. The van der Waals surface area contributed by atoms with Crippen molar-refractivity contribution in [1.29, 1.82) is 0 Å². The summed E-state index contributed by atoms with van der Waals surface area (Å²) < 4.78 is 28.4. The summed E-state index contributed by atoms with van der Waals surface area (Å²) in [5.74, 6) is 0. The van der Waals surface area contributed by atoms with Gasteiger partial charge in [-0.15, -0.1) is 0 Å². The second kappa shape index (κ2) is 7.17. The summed E-state index contributed by atoms with van der Waals surface area (Å²) in [6.07, 6.45) is 6.65. The number of primary sulfonamides is 1. The van der Waals surface area contributed by atoms with Crippen molar-refractivity contribution < 1.29 is 18.1 Å². The van der Waals surface area contributed by atoms with Crippen molar-refractivity contribution in [3.8, 4) is 0 Å². The van der Waals surface area contributed by atoms with E-state index in [1.165, 1.54) is 25.0 Å². The Morgan fingerprint density at radius 3 is 2.41 bits per heavy atom. The molecule has 8 heteroatoms. The molecule has 1 aliphatic carbocycles. The lowest BCUT2D eigenvalue weighted by Crippen LogP contribution is -2.14. The highest BCUT2D eigenvalue weighted by molar-refractivity contribution is 7.89. The molecule has 0 saturated heterocycles. The number of nitro benzene ring substituents is 1. The highest BCUT2D eigenvalue weighted by Gasteiger charge is 2.20. The number of nitro groups is 1. The van der Waals surface area contributed by atoms with E-state index in [-0.39, 0.29) is 23.3 Å². The molecule has 22 heavy (non-hydrogen) atoms. The summed E-state index contributed by atoms with van der Waals surface area (Å²) in [5.41, 5.74) is 0.0850. The zero-order chi connectivity index (χ0) is 16.2. The maximum atomic E-state index is 11.3. The van der Waals surface area contributed by atoms with E-state index in [2.05, 4.69) is 0 Å². The van der Waals surface area contributed by atoms with E-state index in [0.29, 0.717) is 5.56 Å². The monoisotopic (exact) mass is 328 g/mol. The van der Waals surface area contributed by atoms with Gasteiger partial charge in [-0.2, -0.15) is 0 Å². The predicted molar refractivity (Wildman–Crippen MR) is 80.7 cm³/mol. The van der Waals surface area contributed by atoms with Crippen LogP contribution in [0.15, 0.2) is 23.1 Å². The zero-order valence-electron chi connectivity index (χ0n) is 12.2. The van der Waals surface area contributed by atoms with E-state index in [1.54, 1.807) is 0 Å². The lowest BCUT2D eigenvalue weighted by molar-refractivity contribution is -0.386. The Morgan fingerprint density at radius 1 is 1.23 bits per heavy atom. The third-order valence-electron chi connectivity index (χ3n) is 3.86. The summed E-state index contributed by atoms with van der Waals surface area (Å²) in [7, 11) is -3.96. The average molecular weight is 328 g/mol. The van der Waals surface area contributed by atoms with Gasteiger partial charge in [-0.3, -0.25) is 10.1 Å². The third kappa shape index (κ3) is 4.49. The lowest BCUT2D eigenvalue weighted by Gasteiger charge is -2.15. The minimum atomic E-state index is -3.96. The smallest absolute Gasteiger partial charge is 0.276 e. The Labute approximate surface area is 129 Å². The average Bonchev–Trinajstić information content (AvgIpc) is 2.72. The Morgan fingerprint density at radius 2 is 1.86 bits per heavy atom. The van der Waals surface area contributed by atoms with Crippen LogP contribution >= 0.6 is 0 Å². The maximum absolute atomic E-state index is 11.3. The first kappa shape index (κ1) is 16.9. The molecule has 0 aromatic heterocycles. The van der Waals surface area contributed by atoms with Crippen LogP contribution in [0.1, 0.15) is 44.1 Å². The lowest BCUT2D eigenvalue weighted by atomic mass is 10.1. The van der Waals surface area contributed by atoms with Crippen molar-refractivity contribution in [2.24, 2.45) is 5.14 Å². The molecule has 0 heterocycles. The minimum absolute atomic E-state index is 0.103. The molecule has 0 radical (unpaired) electrons.